The molecule has 1 aromatic carbocycles. The van der Waals surface area contributed by atoms with E-state index >= 15 is 0 Å². The number of hydrogen-bond acceptors (Lipinski definition) is 3. The minimum Gasteiger partial charge on any atom is -0.504 e. The second-order valence-electron chi connectivity index (χ2n) is 3.05. The van der Waals surface area contributed by atoms with Crippen LogP contribution in [0, 0.1) is 0 Å². The number of aliphatic hydroxyl groups excluding tert-OH is 1. The smallest absolute Gasteiger partial charge is 0.160 e. The van der Waals surface area contributed by atoms with E-state index in [4.69, 9.17) is 5.11 Å². The van der Waals surface area contributed by atoms with Gasteiger partial charge in [0.25, 0.3) is 0 Å². The van der Waals surface area contributed by atoms with Gasteiger partial charge in [0.1, 0.15) is 0 Å². The number of hydrogen-bond donors (Lipinski definition) is 3. The zero-order valence-corrected chi connectivity index (χ0v) is 7.57. The van der Waals surface area contributed by atoms with Crippen LogP contribution in [0.15, 0.2) is 18.2 Å². The molecule has 13 heavy (non-hydrogen) atoms. The molecule has 0 saturated carbocycles. The lowest BCUT2D eigenvalue weighted by atomic mass is 10.1. The summed E-state index contributed by atoms with van der Waals surface area (Å²) in [5.41, 5.74) is 0.578. The molecule has 0 aliphatic heterocycles. The van der Waals surface area contributed by atoms with E-state index in [1.54, 1.807) is 12.1 Å². The quantitative estimate of drug-likeness (QED) is 0.619. The lowest BCUT2D eigenvalue weighted by Crippen LogP contribution is -2.08. The molecule has 0 radical (unpaired) electrons. The van der Waals surface area contributed by atoms with Crippen molar-refractivity contribution >= 4 is 0 Å². The summed E-state index contributed by atoms with van der Waals surface area (Å²) in [7, 11) is 0. The Labute approximate surface area is 77.3 Å². The van der Waals surface area contributed by atoms with Gasteiger partial charge in [-0.2, -0.15) is 0 Å². The van der Waals surface area contributed by atoms with Gasteiger partial charge in [-0.25, -0.2) is 0 Å². The zero-order chi connectivity index (χ0) is 9.84. The van der Waals surface area contributed by atoms with E-state index in [1.165, 1.54) is 6.07 Å². The molecule has 0 fully saturated rings. The van der Waals surface area contributed by atoms with Gasteiger partial charge in [0, 0.05) is 12.0 Å². The number of rotatable bonds is 3. The molecule has 1 unspecified atom stereocenters. The monoisotopic (exact) mass is 182 g/mol. The van der Waals surface area contributed by atoms with E-state index in [2.05, 4.69) is 0 Å². The van der Waals surface area contributed by atoms with E-state index in [1.807, 2.05) is 6.92 Å². The lowest BCUT2D eigenvalue weighted by molar-refractivity contribution is 0.169. The number of benzene rings is 1. The molecule has 0 heterocycles. The van der Waals surface area contributed by atoms with E-state index in [9.17, 15) is 10.2 Å². The fourth-order valence-electron chi connectivity index (χ4n) is 1.14. The molecule has 3 nitrogen and oxygen atoms in total. The predicted molar refractivity (Wildman–Crippen MR) is 49.8 cm³/mol. The molecule has 3 N–H and O–H groups in total. The van der Waals surface area contributed by atoms with Crippen molar-refractivity contribution in [2.24, 2.45) is 0 Å². The Morgan fingerprint density at radius 2 is 2.00 bits per heavy atom. The number of aliphatic hydroxyl groups is 1. The molecule has 72 valence electrons. The molecule has 0 aliphatic rings. The van der Waals surface area contributed by atoms with Crippen LogP contribution in [-0.2, 0) is 6.42 Å². The van der Waals surface area contributed by atoms with Crippen LogP contribution in [0.4, 0.5) is 0 Å². The van der Waals surface area contributed by atoms with E-state index < -0.39 is 6.10 Å². The summed E-state index contributed by atoms with van der Waals surface area (Å²) in [6.07, 6.45) is 0.541. The third kappa shape index (κ3) is 2.36. The third-order valence-electron chi connectivity index (χ3n) is 2.03. The standard InChI is InChI=1S/C10H14O3/c1-2-8(11)6-7-4-3-5-9(12)10(7)13/h3-5,8,11-13H,2,6H2,1H3. The van der Waals surface area contributed by atoms with Crippen LogP contribution in [0.2, 0.25) is 0 Å². The zero-order valence-electron chi connectivity index (χ0n) is 7.57. The Morgan fingerprint density at radius 1 is 1.31 bits per heavy atom. The number of para-hydroxylation sites is 1. The van der Waals surface area contributed by atoms with Crippen molar-refractivity contribution in [3.05, 3.63) is 23.8 Å². The molecule has 0 amide bonds. The second kappa shape index (κ2) is 4.14. The van der Waals surface area contributed by atoms with Gasteiger partial charge in [-0.3, -0.25) is 0 Å². The first-order valence-corrected chi connectivity index (χ1v) is 4.33. The molecular weight excluding hydrogens is 168 g/mol. The topological polar surface area (TPSA) is 60.7 Å². The normalized spacial score (nSPS) is 12.8. The first kappa shape index (κ1) is 9.86. The SMILES string of the molecule is CCC(O)Cc1cccc(O)c1O. The molecule has 0 aromatic heterocycles. The van der Waals surface area contributed by atoms with E-state index in [-0.39, 0.29) is 11.5 Å². The van der Waals surface area contributed by atoms with Gasteiger partial charge in [0.2, 0.25) is 0 Å². The second-order valence-corrected chi connectivity index (χ2v) is 3.05. The van der Waals surface area contributed by atoms with Crippen molar-refractivity contribution in [3.63, 3.8) is 0 Å². The minimum absolute atomic E-state index is 0.130. The van der Waals surface area contributed by atoms with E-state index in [0.717, 1.165) is 0 Å². The Bertz CT molecular complexity index is 283. The van der Waals surface area contributed by atoms with Crippen molar-refractivity contribution in [3.8, 4) is 11.5 Å². The molecule has 0 bridgehead atoms. The fraction of sp³-hybridized carbons (Fsp3) is 0.400. The lowest BCUT2D eigenvalue weighted by Gasteiger charge is -2.09. The highest BCUT2D eigenvalue weighted by Crippen LogP contribution is 2.29. The van der Waals surface area contributed by atoms with Gasteiger partial charge in [-0.1, -0.05) is 19.1 Å². The average molecular weight is 182 g/mol. The third-order valence-corrected chi connectivity index (χ3v) is 2.03. The maximum absolute atomic E-state index is 9.38. The molecule has 1 atom stereocenters. The van der Waals surface area contributed by atoms with Crippen LogP contribution < -0.4 is 0 Å². The maximum Gasteiger partial charge on any atom is 0.160 e. The summed E-state index contributed by atoms with van der Waals surface area (Å²) in [5.74, 6) is -0.268. The summed E-state index contributed by atoms with van der Waals surface area (Å²) in [5, 5.41) is 27.9. The molecule has 0 saturated heterocycles. The Hall–Kier alpha value is -1.22. The van der Waals surface area contributed by atoms with Crippen molar-refractivity contribution in [1.82, 2.24) is 0 Å². The summed E-state index contributed by atoms with van der Waals surface area (Å²) in [6, 6.07) is 4.75. The van der Waals surface area contributed by atoms with Crippen LogP contribution in [0.25, 0.3) is 0 Å². The van der Waals surface area contributed by atoms with Gasteiger partial charge < -0.3 is 15.3 Å². The van der Waals surface area contributed by atoms with Crippen LogP contribution in [0.5, 0.6) is 11.5 Å². The minimum atomic E-state index is -0.465. The summed E-state index contributed by atoms with van der Waals surface area (Å²) >= 11 is 0. The molecule has 0 spiro atoms. The Kier molecular flexibility index (Phi) is 3.14. The molecule has 1 aromatic rings. The fourth-order valence-corrected chi connectivity index (χ4v) is 1.14. The highest BCUT2D eigenvalue weighted by Gasteiger charge is 2.09. The van der Waals surface area contributed by atoms with Gasteiger partial charge in [0.05, 0.1) is 6.10 Å². The summed E-state index contributed by atoms with van der Waals surface area (Å²) in [6.45, 7) is 1.87. The van der Waals surface area contributed by atoms with Gasteiger partial charge in [0.15, 0.2) is 11.5 Å². The van der Waals surface area contributed by atoms with Gasteiger partial charge in [-0.05, 0) is 12.5 Å². The summed E-state index contributed by atoms with van der Waals surface area (Å²) < 4.78 is 0. The summed E-state index contributed by atoms with van der Waals surface area (Å²) in [4.78, 5) is 0. The van der Waals surface area contributed by atoms with Gasteiger partial charge in [-0.15, -0.1) is 0 Å². The Morgan fingerprint density at radius 3 is 2.62 bits per heavy atom. The van der Waals surface area contributed by atoms with Crippen LogP contribution in [0.1, 0.15) is 18.9 Å². The van der Waals surface area contributed by atoms with Crippen molar-refractivity contribution < 1.29 is 15.3 Å². The number of phenols is 2. The largest absolute Gasteiger partial charge is 0.504 e. The van der Waals surface area contributed by atoms with Gasteiger partial charge >= 0.3 is 0 Å². The first-order valence-electron chi connectivity index (χ1n) is 4.33. The van der Waals surface area contributed by atoms with Crippen LogP contribution in [0.3, 0.4) is 0 Å². The molecule has 3 heteroatoms. The first-order chi connectivity index (χ1) is 6.15. The highest BCUT2D eigenvalue weighted by atomic mass is 16.3. The van der Waals surface area contributed by atoms with Crippen LogP contribution >= 0.6 is 0 Å². The number of phenolic OH excluding ortho intramolecular Hbond substituents is 2. The molecule has 0 aliphatic carbocycles. The van der Waals surface area contributed by atoms with Crippen molar-refractivity contribution in [1.29, 1.82) is 0 Å². The maximum atomic E-state index is 9.38. The average Bonchev–Trinajstić information content (AvgIpc) is 2.13. The Balaban J connectivity index is 2.83. The van der Waals surface area contributed by atoms with Crippen molar-refractivity contribution in [2.45, 2.75) is 25.9 Å². The molecule has 1 rings (SSSR count). The number of aromatic hydroxyl groups is 2. The van der Waals surface area contributed by atoms with Crippen molar-refractivity contribution in [2.75, 3.05) is 0 Å². The van der Waals surface area contributed by atoms with Crippen LogP contribution in [-0.4, -0.2) is 21.4 Å². The van der Waals surface area contributed by atoms with E-state index in [0.29, 0.717) is 18.4 Å². The highest BCUT2D eigenvalue weighted by molar-refractivity contribution is 5.44. The molecular formula is C10H14O3. The predicted octanol–water partition coefficient (Wildman–Crippen LogP) is 1.41.